The number of hydrogen-bond donors (Lipinski definition) is 3. The third kappa shape index (κ3) is 5.67. The number of aryl methyl sites for hydroxylation is 1. The smallest absolute Gasteiger partial charge is 0.344 e. The molecule has 10 heteroatoms. The Morgan fingerprint density at radius 2 is 1.85 bits per heavy atom. The SMILES string of the molecule is COc1cc(/C=C2\NC(=O)N(CC(=O)Nc3ccc(C)cc3)C2=O)ccc1O[C@H](C)C(=O)O. The molecule has 0 aliphatic carbocycles. The van der Waals surface area contributed by atoms with Crippen molar-refractivity contribution in [2.24, 2.45) is 0 Å². The maximum absolute atomic E-state index is 12.7. The molecule has 1 heterocycles. The van der Waals surface area contributed by atoms with Crippen molar-refractivity contribution in [2.45, 2.75) is 20.0 Å². The van der Waals surface area contributed by atoms with E-state index >= 15 is 0 Å². The topological polar surface area (TPSA) is 134 Å². The van der Waals surface area contributed by atoms with Crippen LogP contribution in [0.3, 0.4) is 0 Å². The first-order valence-electron chi connectivity index (χ1n) is 9.96. The molecule has 1 saturated heterocycles. The molecule has 3 rings (SSSR count). The fraction of sp³-hybridized carbons (Fsp3) is 0.217. The maximum atomic E-state index is 12.7. The molecule has 0 aromatic heterocycles. The van der Waals surface area contributed by atoms with E-state index in [1.807, 2.05) is 19.1 Å². The van der Waals surface area contributed by atoms with Crippen molar-refractivity contribution >= 4 is 35.6 Å². The lowest BCUT2D eigenvalue weighted by molar-refractivity contribution is -0.144. The van der Waals surface area contributed by atoms with Crippen LogP contribution in [-0.4, -0.2) is 53.6 Å². The van der Waals surface area contributed by atoms with Crippen molar-refractivity contribution in [3.8, 4) is 11.5 Å². The Labute approximate surface area is 189 Å². The zero-order chi connectivity index (χ0) is 24.1. The molecule has 3 N–H and O–H groups in total. The van der Waals surface area contributed by atoms with E-state index in [9.17, 15) is 19.2 Å². The summed E-state index contributed by atoms with van der Waals surface area (Å²) < 4.78 is 10.6. The third-order valence-electron chi connectivity index (χ3n) is 4.75. The quantitative estimate of drug-likeness (QED) is 0.413. The lowest BCUT2D eigenvalue weighted by Crippen LogP contribution is -2.38. The number of amides is 4. The van der Waals surface area contributed by atoms with Gasteiger partial charge in [0.15, 0.2) is 17.6 Å². The maximum Gasteiger partial charge on any atom is 0.344 e. The number of urea groups is 1. The molecule has 1 fully saturated rings. The van der Waals surface area contributed by atoms with Gasteiger partial charge >= 0.3 is 12.0 Å². The van der Waals surface area contributed by atoms with Crippen LogP contribution in [0.1, 0.15) is 18.1 Å². The van der Waals surface area contributed by atoms with Crippen LogP contribution >= 0.6 is 0 Å². The van der Waals surface area contributed by atoms with Crippen LogP contribution in [0.4, 0.5) is 10.5 Å². The van der Waals surface area contributed by atoms with Gasteiger partial charge < -0.3 is 25.2 Å². The monoisotopic (exact) mass is 453 g/mol. The van der Waals surface area contributed by atoms with E-state index < -0.39 is 36.5 Å². The summed E-state index contributed by atoms with van der Waals surface area (Å²) in [6.45, 7) is 2.85. The van der Waals surface area contributed by atoms with E-state index in [1.54, 1.807) is 18.2 Å². The Hall–Kier alpha value is -4.34. The van der Waals surface area contributed by atoms with E-state index in [1.165, 1.54) is 32.2 Å². The zero-order valence-electron chi connectivity index (χ0n) is 18.2. The lowest BCUT2D eigenvalue weighted by atomic mass is 10.1. The molecule has 33 heavy (non-hydrogen) atoms. The minimum atomic E-state index is -1.13. The van der Waals surface area contributed by atoms with Gasteiger partial charge in [0.2, 0.25) is 5.91 Å². The summed E-state index contributed by atoms with van der Waals surface area (Å²) in [5.74, 6) is -1.83. The Kier molecular flexibility index (Phi) is 6.97. The van der Waals surface area contributed by atoms with Gasteiger partial charge in [0.1, 0.15) is 12.2 Å². The van der Waals surface area contributed by atoms with Crippen LogP contribution < -0.4 is 20.1 Å². The first kappa shape index (κ1) is 23.3. The molecule has 172 valence electrons. The van der Waals surface area contributed by atoms with Crippen LogP contribution in [0.5, 0.6) is 11.5 Å². The molecular weight excluding hydrogens is 430 g/mol. The van der Waals surface area contributed by atoms with Gasteiger partial charge in [-0.15, -0.1) is 0 Å². The zero-order valence-corrected chi connectivity index (χ0v) is 18.2. The second-order valence-electron chi connectivity index (χ2n) is 7.30. The first-order valence-corrected chi connectivity index (χ1v) is 9.96. The molecule has 2 aromatic carbocycles. The number of benzene rings is 2. The fourth-order valence-corrected chi connectivity index (χ4v) is 2.98. The normalized spacial score (nSPS) is 15.2. The number of carboxylic acids is 1. The van der Waals surface area contributed by atoms with E-state index in [0.717, 1.165) is 10.5 Å². The number of nitrogens with one attached hydrogen (secondary N) is 2. The van der Waals surface area contributed by atoms with Crippen molar-refractivity contribution in [3.63, 3.8) is 0 Å². The number of anilines is 1. The predicted molar refractivity (Wildman–Crippen MR) is 119 cm³/mol. The van der Waals surface area contributed by atoms with Gasteiger partial charge in [-0.3, -0.25) is 9.59 Å². The van der Waals surface area contributed by atoms with Gasteiger partial charge in [0.25, 0.3) is 5.91 Å². The molecule has 0 radical (unpaired) electrons. The standard InChI is InChI=1S/C23H23N3O7/c1-13-4-7-16(8-5-13)24-20(27)12-26-21(28)17(25-23(26)31)10-15-6-9-18(19(11-15)32-3)33-14(2)22(29)30/h4-11,14H,12H2,1-3H3,(H,24,27)(H,25,31)(H,29,30)/b17-10-/t14-/m1/s1. The van der Waals surface area contributed by atoms with Gasteiger partial charge in [-0.25, -0.2) is 14.5 Å². The van der Waals surface area contributed by atoms with Crippen LogP contribution in [0, 0.1) is 6.92 Å². The average molecular weight is 453 g/mol. The van der Waals surface area contributed by atoms with Gasteiger partial charge in [0, 0.05) is 5.69 Å². The fourth-order valence-electron chi connectivity index (χ4n) is 2.98. The van der Waals surface area contributed by atoms with Crippen molar-refractivity contribution in [2.75, 3.05) is 19.0 Å². The Morgan fingerprint density at radius 1 is 1.15 bits per heavy atom. The third-order valence-corrected chi connectivity index (χ3v) is 4.75. The van der Waals surface area contributed by atoms with Crippen molar-refractivity contribution in [1.82, 2.24) is 10.2 Å². The van der Waals surface area contributed by atoms with E-state index in [4.69, 9.17) is 14.6 Å². The first-order chi connectivity index (χ1) is 15.7. The molecule has 1 atom stereocenters. The largest absolute Gasteiger partial charge is 0.493 e. The summed E-state index contributed by atoms with van der Waals surface area (Å²) in [6, 6.07) is 11.0. The number of carbonyl (C=O) groups excluding carboxylic acids is 3. The number of carbonyl (C=O) groups is 4. The second-order valence-corrected chi connectivity index (χ2v) is 7.30. The number of ether oxygens (including phenoxy) is 2. The number of hydrogen-bond acceptors (Lipinski definition) is 6. The van der Waals surface area contributed by atoms with Crippen LogP contribution in [0.25, 0.3) is 6.08 Å². The van der Waals surface area contributed by atoms with E-state index in [2.05, 4.69) is 10.6 Å². The highest BCUT2D eigenvalue weighted by Gasteiger charge is 2.35. The van der Waals surface area contributed by atoms with Gasteiger partial charge in [0.05, 0.1) is 7.11 Å². The Bertz CT molecular complexity index is 1130. The van der Waals surface area contributed by atoms with Crippen LogP contribution in [-0.2, 0) is 14.4 Å². The number of carboxylic acid groups (broad SMARTS) is 1. The number of methoxy groups -OCH3 is 1. The molecule has 10 nitrogen and oxygen atoms in total. The number of aliphatic carboxylic acids is 1. The summed E-state index contributed by atoms with van der Waals surface area (Å²) in [4.78, 5) is 49.0. The van der Waals surface area contributed by atoms with Gasteiger partial charge in [-0.05, 0) is 49.8 Å². The second kappa shape index (κ2) is 9.86. The van der Waals surface area contributed by atoms with E-state index in [-0.39, 0.29) is 17.2 Å². The van der Waals surface area contributed by atoms with Crippen LogP contribution in [0.15, 0.2) is 48.2 Å². The van der Waals surface area contributed by atoms with Crippen molar-refractivity contribution < 1.29 is 33.8 Å². The molecular formula is C23H23N3O7. The molecule has 4 amide bonds. The van der Waals surface area contributed by atoms with Gasteiger partial charge in [-0.2, -0.15) is 0 Å². The Balaban J connectivity index is 1.71. The molecule has 1 aliphatic rings. The predicted octanol–water partition coefficient (Wildman–Crippen LogP) is 2.39. The highest BCUT2D eigenvalue weighted by Crippen LogP contribution is 2.30. The minimum absolute atomic E-state index is 0.0160. The summed E-state index contributed by atoms with van der Waals surface area (Å²) in [5.41, 5.74) is 2.07. The highest BCUT2D eigenvalue weighted by molar-refractivity contribution is 6.16. The van der Waals surface area contributed by atoms with Crippen molar-refractivity contribution in [3.05, 3.63) is 59.3 Å². The molecule has 1 aliphatic heterocycles. The van der Waals surface area contributed by atoms with Gasteiger partial charge in [-0.1, -0.05) is 23.8 Å². The Morgan fingerprint density at radius 3 is 2.48 bits per heavy atom. The summed E-state index contributed by atoms with van der Waals surface area (Å²) >= 11 is 0. The summed E-state index contributed by atoms with van der Waals surface area (Å²) in [7, 11) is 1.39. The number of imide groups is 1. The molecule has 0 unspecified atom stereocenters. The highest BCUT2D eigenvalue weighted by atomic mass is 16.5. The summed E-state index contributed by atoms with van der Waals surface area (Å²) in [5, 5.41) is 14.1. The number of rotatable bonds is 8. The molecule has 0 bridgehead atoms. The molecule has 0 saturated carbocycles. The number of nitrogens with zero attached hydrogens (tertiary/aromatic N) is 1. The average Bonchev–Trinajstić information content (AvgIpc) is 3.03. The molecule has 0 spiro atoms. The van der Waals surface area contributed by atoms with E-state index in [0.29, 0.717) is 11.3 Å². The lowest BCUT2D eigenvalue weighted by Gasteiger charge is -2.14. The summed E-state index contributed by atoms with van der Waals surface area (Å²) in [6.07, 6.45) is 0.337. The minimum Gasteiger partial charge on any atom is -0.493 e. The van der Waals surface area contributed by atoms with Crippen molar-refractivity contribution in [1.29, 1.82) is 0 Å². The van der Waals surface area contributed by atoms with Crippen LogP contribution in [0.2, 0.25) is 0 Å². The molecule has 2 aromatic rings.